The molecular formula is C20H22ClFN8O2. The molecule has 0 saturated heterocycles. The van der Waals surface area contributed by atoms with Gasteiger partial charge in [0.15, 0.2) is 11.2 Å². The molecule has 0 bridgehead atoms. The van der Waals surface area contributed by atoms with Gasteiger partial charge in [0.2, 0.25) is 11.1 Å². The summed E-state index contributed by atoms with van der Waals surface area (Å²) >= 11 is 5.94. The summed E-state index contributed by atoms with van der Waals surface area (Å²) in [6, 6.07) is 5.98. The first-order valence-electron chi connectivity index (χ1n) is 10.4. The molecule has 0 amide bonds. The maximum atomic E-state index is 13.4. The first-order valence-corrected chi connectivity index (χ1v) is 10.8. The number of rotatable bonds is 9. The molecular weight excluding hydrogens is 439 g/mol. The molecule has 0 fully saturated rings. The molecule has 10 nitrogen and oxygen atoms in total. The quantitative estimate of drug-likeness (QED) is 0.303. The molecule has 168 valence electrons. The Balaban J connectivity index is 1.46. The van der Waals surface area contributed by atoms with Crippen molar-refractivity contribution in [2.75, 3.05) is 0 Å². The Kier molecular flexibility index (Phi) is 6.45. The number of aryl methyl sites for hydroxylation is 2. The number of nitrogens with one attached hydrogen (secondary N) is 1. The molecule has 32 heavy (non-hydrogen) atoms. The van der Waals surface area contributed by atoms with E-state index in [-0.39, 0.29) is 28.8 Å². The zero-order chi connectivity index (χ0) is 22.7. The number of halogens is 2. The third kappa shape index (κ3) is 4.47. The van der Waals surface area contributed by atoms with Gasteiger partial charge in [-0.3, -0.25) is 13.9 Å². The van der Waals surface area contributed by atoms with Crippen molar-refractivity contribution in [1.82, 2.24) is 39.3 Å². The number of nitrogens with zero attached hydrogens (tertiary/aromatic N) is 7. The topological polar surface area (TPSA) is 116 Å². The fraction of sp³-hybridized carbons (Fsp3) is 0.400. The van der Waals surface area contributed by atoms with Crippen LogP contribution in [0.3, 0.4) is 0 Å². The van der Waals surface area contributed by atoms with Gasteiger partial charge in [0.1, 0.15) is 5.82 Å². The van der Waals surface area contributed by atoms with Crippen LogP contribution in [0.15, 0.2) is 33.9 Å². The summed E-state index contributed by atoms with van der Waals surface area (Å²) in [7, 11) is 0. The maximum absolute atomic E-state index is 13.4. The van der Waals surface area contributed by atoms with Crippen molar-refractivity contribution < 1.29 is 4.39 Å². The third-order valence-corrected chi connectivity index (χ3v) is 5.27. The molecule has 0 aliphatic rings. The summed E-state index contributed by atoms with van der Waals surface area (Å²) in [6.45, 7) is 3.16. The van der Waals surface area contributed by atoms with Gasteiger partial charge in [-0.05, 0) is 48.2 Å². The van der Waals surface area contributed by atoms with Gasteiger partial charge in [0.25, 0.3) is 5.56 Å². The predicted molar refractivity (Wildman–Crippen MR) is 117 cm³/mol. The molecule has 4 rings (SSSR count). The van der Waals surface area contributed by atoms with Crippen LogP contribution in [-0.4, -0.2) is 39.3 Å². The Bertz CT molecular complexity index is 1360. The normalized spacial score (nSPS) is 11.5. The van der Waals surface area contributed by atoms with Gasteiger partial charge < -0.3 is 4.98 Å². The number of hydrogen-bond acceptors (Lipinski definition) is 6. The zero-order valence-electron chi connectivity index (χ0n) is 17.5. The van der Waals surface area contributed by atoms with Crippen molar-refractivity contribution in [3.63, 3.8) is 0 Å². The molecule has 1 N–H and O–H groups in total. The third-order valence-electron chi connectivity index (χ3n) is 5.09. The maximum Gasteiger partial charge on any atom is 0.332 e. The molecule has 3 heterocycles. The largest absolute Gasteiger partial charge is 0.332 e. The molecule has 3 aromatic heterocycles. The van der Waals surface area contributed by atoms with Crippen LogP contribution in [0, 0.1) is 5.82 Å². The van der Waals surface area contributed by atoms with Crippen LogP contribution in [0.1, 0.15) is 32.6 Å². The lowest BCUT2D eigenvalue weighted by Crippen LogP contribution is -2.40. The van der Waals surface area contributed by atoms with Crippen LogP contribution in [0.4, 0.5) is 4.39 Å². The van der Waals surface area contributed by atoms with Gasteiger partial charge in [-0.25, -0.2) is 9.18 Å². The van der Waals surface area contributed by atoms with E-state index in [1.54, 1.807) is 12.1 Å². The van der Waals surface area contributed by atoms with E-state index in [0.29, 0.717) is 37.3 Å². The highest BCUT2D eigenvalue weighted by molar-refractivity contribution is 6.28. The smallest absolute Gasteiger partial charge is 0.323 e. The van der Waals surface area contributed by atoms with Crippen LogP contribution in [0.5, 0.6) is 0 Å². The van der Waals surface area contributed by atoms with Crippen LogP contribution in [-0.2, 0) is 19.6 Å². The molecule has 0 aliphatic carbocycles. The molecule has 0 radical (unpaired) electrons. The van der Waals surface area contributed by atoms with E-state index in [1.165, 1.54) is 26.1 Å². The summed E-state index contributed by atoms with van der Waals surface area (Å²) in [4.78, 5) is 34.0. The van der Waals surface area contributed by atoms with Crippen molar-refractivity contribution in [3.8, 4) is 11.4 Å². The second-order valence-electron chi connectivity index (χ2n) is 7.40. The Morgan fingerprint density at radius 2 is 1.88 bits per heavy atom. The fourth-order valence-corrected chi connectivity index (χ4v) is 3.63. The Morgan fingerprint density at radius 3 is 2.66 bits per heavy atom. The number of H-pyrrole nitrogens is 1. The Labute approximate surface area is 186 Å². The van der Waals surface area contributed by atoms with Gasteiger partial charge in [0.05, 0.1) is 6.54 Å². The summed E-state index contributed by atoms with van der Waals surface area (Å²) in [5.74, 6) is -0.0366. The number of aromatic amines is 1. The van der Waals surface area contributed by atoms with E-state index in [0.717, 1.165) is 12.8 Å². The van der Waals surface area contributed by atoms with E-state index in [4.69, 9.17) is 11.6 Å². The van der Waals surface area contributed by atoms with Crippen molar-refractivity contribution in [3.05, 3.63) is 56.2 Å². The van der Waals surface area contributed by atoms with E-state index < -0.39 is 11.2 Å². The number of fused-ring (bicyclic) bond motifs is 1. The van der Waals surface area contributed by atoms with E-state index in [2.05, 4.69) is 25.4 Å². The van der Waals surface area contributed by atoms with Crippen molar-refractivity contribution >= 4 is 22.8 Å². The van der Waals surface area contributed by atoms with Gasteiger partial charge in [-0.15, -0.1) is 10.2 Å². The second-order valence-corrected chi connectivity index (χ2v) is 7.76. The zero-order valence-corrected chi connectivity index (χ0v) is 18.2. The molecule has 0 unspecified atom stereocenters. The first-order chi connectivity index (χ1) is 15.5. The SMILES string of the molecule is CCCCn1c(=O)n(CCCCn2nnc(-c3cccc(F)c3)n2)c(=O)c2[nH]c(Cl)nc21. The number of benzene rings is 1. The first kappa shape index (κ1) is 21.9. The van der Waals surface area contributed by atoms with Crippen molar-refractivity contribution in [2.45, 2.75) is 52.2 Å². The highest BCUT2D eigenvalue weighted by Gasteiger charge is 2.16. The summed E-state index contributed by atoms with van der Waals surface area (Å²) < 4.78 is 16.1. The molecule has 0 atom stereocenters. The average Bonchev–Trinajstić information content (AvgIpc) is 3.40. The molecule has 0 aliphatic heterocycles. The number of imidazole rings is 1. The van der Waals surface area contributed by atoms with E-state index in [9.17, 15) is 14.0 Å². The Morgan fingerprint density at radius 1 is 1.09 bits per heavy atom. The lowest BCUT2D eigenvalue weighted by atomic mass is 10.2. The monoisotopic (exact) mass is 460 g/mol. The van der Waals surface area contributed by atoms with Crippen LogP contribution >= 0.6 is 11.6 Å². The lowest BCUT2D eigenvalue weighted by Gasteiger charge is -2.10. The number of tetrazole rings is 1. The Hall–Kier alpha value is -3.34. The van der Waals surface area contributed by atoms with Crippen molar-refractivity contribution in [1.29, 1.82) is 0 Å². The molecule has 0 spiro atoms. The van der Waals surface area contributed by atoms with Crippen LogP contribution in [0.25, 0.3) is 22.6 Å². The minimum atomic E-state index is -0.440. The summed E-state index contributed by atoms with van der Waals surface area (Å²) in [5, 5.41) is 12.3. The number of hydrogen-bond donors (Lipinski definition) is 1. The number of aromatic nitrogens is 8. The lowest BCUT2D eigenvalue weighted by molar-refractivity contribution is 0.457. The van der Waals surface area contributed by atoms with Gasteiger partial charge in [-0.2, -0.15) is 9.78 Å². The standard InChI is InChI=1S/C20H22ClFN8O2/c1-2-3-9-28-17-15(23-19(21)24-17)18(31)29(20(28)32)10-4-5-11-30-26-16(25-27-30)13-7-6-8-14(22)12-13/h6-8,12H,2-5,9-11H2,1H3,(H,23,24). The molecule has 0 saturated carbocycles. The highest BCUT2D eigenvalue weighted by Crippen LogP contribution is 2.14. The molecule has 12 heteroatoms. The van der Waals surface area contributed by atoms with Crippen LogP contribution < -0.4 is 11.2 Å². The fourth-order valence-electron chi connectivity index (χ4n) is 3.46. The van der Waals surface area contributed by atoms with Gasteiger partial charge in [0, 0.05) is 18.7 Å². The highest BCUT2D eigenvalue weighted by atomic mass is 35.5. The molecule has 4 aromatic rings. The van der Waals surface area contributed by atoms with Gasteiger partial charge in [-0.1, -0.05) is 25.5 Å². The minimum Gasteiger partial charge on any atom is -0.323 e. The average molecular weight is 461 g/mol. The van der Waals surface area contributed by atoms with E-state index >= 15 is 0 Å². The van der Waals surface area contributed by atoms with E-state index in [1.807, 2.05) is 6.92 Å². The van der Waals surface area contributed by atoms with Crippen LogP contribution in [0.2, 0.25) is 5.28 Å². The summed E-state index contributed by atoms with van der Waals surface area (Å²) in [5.41, 5.74) is 0.215. The second kappa shape index (κ2) is 9.43. The minimum absolute atomic E-state index is 0.0749. The number of unbranched alkanes of at least 4 members (excludes halogenated alkanes) is 2. The van der Waals surface area contributed by atoms with Gasteiger partial charge >= 0.3 is 5.69 Å². The van der Waals surface area contributed by atoms with Crippen molar-refractivity contribution in [2.24, 2.45) is 0 Å². The molecule has 1 aromatic carbocycles. The summed E-state index contributed by atoms with van der Waals surface area (Å²) in [6.07, 6.45) is 2.84. The predicted octanol–water partition coefficient (Wildman–Crippen LogP) is 2.61.